The van der Waals surface area contributed by atoms with Gasteiger partial charge in [0.05, 0.1) is 49.2 Å². The number of likely N-dealkylation sites (tertiary alicyclic amines) is 2. The largest absolute Gasteiger partial charge is 0.465 e. The minimum Gasteiger partial charge on any atom is -0.465 e. The third-order valence-electron chi connectivity index (χ3n) is 11.3. The second-order valence-electron chi connectivity index (χ2n) is 15.7. The summed E-state index contributed by atoms with van der Waals surface area (Å²) >= 11 is 0. The number of nitrogens with zero attached hydrogens (tertiary/aromatic N) is 7. The van der Waals surface area contributed by atoms with E-state index in [4.69, 9.17) is 14.7 Å². The van der Waals surface area contributed by atoms with E-state index in [1.807, 2.05) is 52.0 Å². The van der Waals surface area contributed by atoms with Crippen LogP contribution in [0.1, 0.15) is 77.1 Å². The van der Waals surface area contributed by atoms with Gasteiger partial charge in [-0.1, -0.05) is 52.0 Å². The van der Waals surface area contributed by atoms with E-state index in [2.05, 4.69) is 37.4 Å². The molecule has 5 heterocycles. The van der Waals surface area contributed by atoms with Crippen molar-refractivity contribution in [2.24, 2.45) is 11.8 Å². The second kappa shape index (κ2) is 16.6. The highest BCUT2D eigenvalue weighted by atomic mass is 16.5. The van der Waals surface area contributed by atoms with Crippen LogP contribution in [0.15, 0.2) is 61.2 Å². The van der Waals surface area contributed by atoms with Crippen LogP contribution in [0.5, 0.6) is 0 Å². The normalized spacial score (nSPS) is 17.9. The standard InChI is InChI=1S/C42H50N10O6/c1-23(2)35(49-41(55)58-6)39(53)51-15-7-9-33(51)38-46-22-32(48-38)31-21-43-29(19-44-31)27-13-11-26-18-28(14-12-25(26)17-27)30-20-45-37(47-30)34-10-8-16-52(34)40(54)36(24(3)4)50(5)42(56)57/h11-14,17-24,33-36H,7-10,15-16H2,1-6H3,(H,45,47)(H,46,48)(H,49,55)(H,56,57)/t33-,34-,35-,36-/m0/s1. The summed E-state index contributed by atoms with van der Waals surface area (Å²) in [5.74, 6) is 0.665. The molecule has 2 saturated heterocycles. The molecule has 58 heavy (non-hydrogen) atoms. The van der Waals surface area contributed by atoms with Crippen molar-refractivity contribution in [1.29, 1.82) is 0 Å². The minimum atomic E-state index is -1.13. The Labute approximate surface area is 336 Å². The van der Waals surface area contributed by atoms with Gasteiger partial charge in [0.2, 0.25) is 11.8 Å². The lowest BCUT2D eigenvalue weighted by Crippen LogP contribution is -2.51. The van der Waals surface area contributed by atoms with Gasteiger partial charge in [-0.2, -0.15) is 0 Å². The molecule has 304 valence electrons. The van der Waals surface area contributed by atoms with Gasteiger partial charge in [0, 0.05) is 37.5 Å². The zero-order valence-corrected chi connectivity index (χ0v) is 33.6. The Hall–Kier alpha value is -6.32. The number of benzene rings is 2. The number of imidazole rings is 2. The molecule has 16 nitrogen and oxygen atoms in total. The maximum atomic E-state index is 13.6. The number of likely N-dealkylation sites (N-methyl/N-ethyl adjacent to an activating group) is 1. The summed E-state index contributed by atoms with van der Waals surface area (Å²) in [6.45, 7) is 8.60. The van der Waals surface area contributed by atoms with Crippen molar-refractivity contribution >= 4 is 34.8 Å². The van der Waals surface area contributed by atoms with Gasteiger partial charge in [-0.15, -0.1) is 0 Å². The molecular weight excluding hydrogens is 741 g/mol. The molecule has 0 bridgehead atoms. The molecule has 4 N–H and O–H groups in total. The van der Waals surface area contributed by atoms with Crippen LogP contribution >= 0.6 is 0 Å². The zero-order valence-electron chi connectivity index (χ0n) is 33.6. The van der Waals surface area contributed by atoms with Crippen molar-refractivity contribution in [3.8, 4) is 33.9 Å². The SMILES string of the molecule is COC(=O)N[C@H](C(=O)N1CCC[C@H]1c1nc(-c2cnc(-c3ccc4cc(-c5cnc([C@@H]6CCCN6C(=O)[C@H](C(C)C)N(C)C(=O)O)[nH]5)ccc4c3)cn2)c[nH]1)C(C)C. The maximum Gasteiger partial charge on any atom is 0.407 e. The zero-order chi connectivity index (χ0) is 41.2. The van der Waals surface area contributed by atoms with Crippen LogP contribution in [0.3, 0.4) is 0 Å². The Kier molecular flexibility index (Phi) is 11.5. The lowest BCUT2D eigenvalue weighted by Gasteiger charge is -2.33. The summed E-state index contributed by atoms with van der Waals surface area (Å²) < 4.78 is 4.75. The minimum absolute atomic E-state index is 0.125. The maximum absolute atomic E-state index is 13.6. The van der Waals surface area contributed by atoms with Gasteiger partial charge in [0.1, 0.15) is 35.1 Å². The quantitative estimate of drug-likeness (QED) is 0.116. The number of hydrogen-bond donors (Lipinski definition) is 4. The number of fused-ring (bicyclic) bond motifs is 1. The number of nitrogens with one attached hydrogen (secondary N) is 3. The number of amides is 4. The number of carbonyl (C=O) groups excluding carboxylic acids is 3. The number of carbonyl (C=O) groups is 4. The van der Waals surface area contributed by atoms with Crippen LogP contribution < -0.4 is 5.32 Å². The Morgan fingerprint density at radius 1 is 0.810 bits per heavy atom. The number of methoxy groups -OCH3 is 1. The summed E-state index contributed by atoms with van der Waals surface area (Å²) in [7, 11) is 2.72. The predicted molar refractivity (Wildman–Crippen MR) is 216 cm³/mol. The van der Waals surface area contributed by atoms with Gasteiger partial charge in [0.25, 0.3) is 0 Å². The highest BCUT2D eigenvalue weighted by molar-refractivity contribution is 5.90. The lowest BCUT2D eigenvalue weighted by atomic mass is 10.0. The topological polar surface area (TPSA) is 203 Å². The Balaban J connectivity index is 1.03. The first-order valence-electron chi connectivity index (χ1n) is 19.7. The summed E-state index contributed by atoms with van der Waals surface area (Å²) in [4.78, 5) is 81.1. The number of rotatable bonds is 11. The average Bonchev–Trinajstić information content (AvgIpc) is 4.06. The molecule has 4 amide bonds. The van der Waals surface area contributed by atoms with Crippen LogP contribution in [0.25, 0.3) is 44.7 Å². The average molecular weight is 791 g/mol. The fraction of sp³-hybridized carbons (Fsp3) is 0.429. The third-order valence-corrected chi connectivity index (χ3v) is 11.3. The van der Waals surface area contributed by atoms with Crippen LogP contribution in [-0.4, -0.2) is 113 Å². The molecule has 2 fully saturated rings. The smallest absolute Gasteiger partial charge is 0.407 e. The highest BCUT2D eigenvalue weighted by Crippen LogP contribution is 2.35. The fourth-order valence-corrected chi connectivity index (χ4v) is 8.17. The van der Waals surface area contributed by atoms with Gasteiger partial charge in [-0.3, -0.25) is 24.5 Å². The molecule has 4 atom stereocenters. The van der Waals surface area contributed by atoms with Gasteiger partial charge in [-0.25, -0.2) is 19.6 Å². The van der Waals surface area contributed by atoms with Gasteiger partial charge < -0.3 is 34.9 Å². The molecule has 0 radical (unpaired) electrons. The van der Waals surface area contributed by atoms with Crippen molar-refractivity contribution < 1.29 is 29.0 Å². The van der Waals surface area contributed by atoms with E-state index in [-0.39, 0.29) is 35.7 Å². The molecule has 0 aliphatic carbocycles. The van der Waals surface area contributed by atoms with Crippen LogP contribution in [0.2, 0.25) is 0 Å². The lowest BCUT2D eigenvalue weighted by molar-refractivity contribution is -0.138. The van der Waals surface area contributed by atoms with E-state index in [1.165, 1.54) is 14.2 Å². The summed E-state index contributed by atoms with van der Waals surface area (Å²) in [6.07, 6.45) is 8.32. The summed E-state index contributed by atoms with van der Waals surface area (Å²) in [5, 5.41) is 14.3. The van der Waals surface area contributed by atoms with Gasteiger partial charge in [0.15, 0.2) is 0 Å². The number of ether oxygens (including phenoxy) is 1. The number of aromatic nitrogens is 6. The first-order chi connectivity index (χ1) is 27.8. The second-order valence-corrected chi connectivity index (χ2v) is 15.7. The van der Waals surface area contributed by atoms with Gasteiger partial charge in [-0.05, 0) is 60.4 Å². The van der Waals surface area contributed by atoms with E-state index < -0.39 is 24.3 Å². The molecule has 2 aromatic carbocycles. The van der Waals surface area contributed by atoms with Crippen LogP contribution in [-0.2, 0) is 14.3 Å². The molecule has 0 spiro atoms. The van der Waals surface area contributed by atoms with E-state index in [0.717, 1.165) is 58.2 Å². The molecule has 2 aliphatic rings. The van der Waals surface area contributed by atoms with Crippen molar-refractivity contribution in [3.05, 3.63) is 72.8 Å². The molecule has 3 aromatic heterocycles. The first kappa shape index (κ1) is 39.9. The molecule has 7 rings (SSSR count). The fourth-order valence-electron chi connectivity index (χ4n) is 8.17. The van der Waals surface area contributed by atoms with Crippen molar-refractivity contribution in [2.45, 2.75) is 77.5 Å². The number of alkyl carbamates (subject to hydrolysis) is 1. The number of carboxylic acid groups (broad SMARTS) is 1. The molecule has 0 unspecified atom stereocenters. The third kappa shape index (κ3) is 7.95. The Morgan fingerprint density at radius 2 is 1.43 bits per heavy atom. The van der Waals surface area contributed by atoms with Crippen molar-refractivity contribution in [2.75, 3.05) is 27.2 Å². The Bertz CT molecular complexity index is 2300. The Morgan fingerprint density at radius 3 is 2.05 bits per heavy atom. The van der Waals surface area contributed by atoms with Crippen molar-refractivity contribution in [3.63, 3.8) is 0 Å². The molecular formula is C42H50N10O6. The monoisotopic (exact) mass is 790 g/mol. The molecule has 0 saturated carbocycles. The predicted octanol–water partition coefficient (Wildman–Crippen LogP) is 6.42. The number of aromatic amines is 2. The molecule has 5 aromatic rings. The van der Waals surface area contributed by atoms with E-state index in [1.54, 1.807) is 34.6 Å². The number of H-pyrrole nitrogens is 2. The molecule has 2 aliphatic heterocycles. The van der Waals surface area contributed by atoms with E-state index >= 15 is 0 Å². The van der Waals surface area contributed by atoms with E-state index in [0.29, 0.717) is 41.8 Å². The van der Waals surface area contributed by atoms with Gasteiger partial charge >= 0.3 is 12.2 Å². The van der Waals surface area contributed by atoms with Crippen LogP contribution in [0.4, 0.5) is 9.59 Å². The summed E-state index contributed by atoms with van der Waals surface area (Å²) in [5.41, 5.74) is 4.60. The van der Waals surface area contributed by atoms with E-state index in [9.17, 15) is 24.3 Å². The van der Waals surface area contributed by atoms with Crippen molar-refractivity contribution in [1.82, 2.24) is 49.9 Å². The first-order valence-corrected chi connectivity index (χ1v) is 19.7. The van der Waals surface area contributed by atoms with Crippen LogP contribution in [0, 0.1) is 11.8 Å². The summed E-state index contributed by atoms with van der Waals surface area (Å²) in [6, 6.07) is 10.3. The number of hydrogen-bond acceptors (Lipinski definition) is 9. The highest BCUT2D eigenvalue weighted by Gasteiger charge is 2.40. The molecule has 16 heteroatoms.